The molecule has 2 aromatic rings. The number of fused-ring (bicyclic) bond motifs is 1. The van der Waals surface area contributed by atoms with Crippen molar-refractivity contribution in [3.8, 4) is 0 Å². The molecule has 0 bridgehead atoms. The van der Waals surface area contributed by atoms with Crippen molar-refractivity contribution in [2.45, 2.75) is 32.9 Å². The van der Waals surface area contributed by atoms with Gasteiger partial charge in [0.15, 0.2) is 0 Å². The highest BCUT2D eigenvalue weighted by molar-refractivity contribution is 5.34. The Bertz CT molecular complexity index is 578. The molecule has 0 radical (unpaired) electrons. The molecule has 3 heterocycles. The summed E-state index contributed by atoms with van der Waals surface area (Å²) in [6.45, 7) is 6.53. The fourth-order valence-electron chi connectivity index (χ4n) is 2.58. The van der Waals surface area contributed by atoms with E-state index < -0.39 is 0 Å². The summed E-state index contributed by atoms with van der Waals surface area (Å²) in [4.78, 5) is 11.2. The third-order valence-corrected chi connectivity index (χ3v) is 3.44. The fourth-order valence-corrected chi connectivity index (χ4v) is 2.58. The molecule has 1 aliphatic heterocycles. The van der Waals surface area contributed by atoms with Crippen LogP contribution in [0.5, 0.6) is 0 Å². The van der Waals surface area contributed by atoms with Crippen LogP contribution in [0.2, 0.25) is 0 Å². The first-order valence-corrected chi connectivity index (χ1v) is 6.34. The molecule has 1 aliphatic rings. The second-order valence-electron chi connectivity index (χ2n) is 5.12. The lowest BCUT2D eigenvalue weighted by Crippen LogP contribution is -2.21. The lowest BCUT2D eigenvalue weighted by Gasteiger charge is -2.12. The minimum absolute atomic E-state index is 0.177. The molecule has 0 aliphatic carbocycles. The van der Waals surface area contributed by atoms with E-state index in [4.69, 9.17) is 0 Å². The van der Waals surface area contributed by atoms with Crippen LogP contribution in [0.4, 0.5) is 0 Å². The molecule has 1 saturated heterocycles. The summed E-state index contributed by atoms with van der Waals surface area (Å²) < 4.78 is 2.02. The number of nitrogens with zero attached hydrogens (tertiary/aromatic N) is 4. The average Bonchev–Trinajstić information content (AvgIpc) is 2.85. The highest BCUT2D eigenvalue weighted by Crippen LogP contribution is 2.14. The second-order valence-corrected chi connectivity index (χ2v) is 5.12. The van der Waals surface area contributed by atoms with Crippen LogP contribution in [0.15, 0.2) is 12.3 Å². The van der Waals surface area contributed by atoms with Gasteiger partial charge in [-0.25, -0.2) is 9.97 Å². The van der Waals surface area contributed by atoms with Crippen molar-refractivity contribution in [2.75, 3.05) is 13.1 Å². The van der Waals surface area contributed by atoms with Crippen LogP contribution in [0.3, 0.4) is 0 Å². The van der Waals surface area contributed by atoms with Crippen LogP contribution in [-0.4, -0.2) is 43.6 Å². The molecular formula is C13H18N4O. The van der Waals surface area contributed by atoms with Crippen LogP contribution in [0.1, 0.15) is 23.5 Å². The first-order chi connectivity index (χ1) is 8.61. The van der Waals surface area contributed by atoms with Gasteiger partial charge in [0, 0.05) is 37.2 Å². The summed E-state index contributed by atoms with van der Waals surface area (Å²) in [6.07, 6.45) is 2.73. The Kier molecular flexibility index (Phi) is 2.80. The summed E-state index contributed by atoms with van der Waals surface area (Å²) in [7, 11) is 0. The zero-order valence-corrected chi connectivity index (χ0v) is 10.8. The number of aryl methyl sites for hydroxylation is 2. The van der Waals surface area contributed by atoms with Crippen molar-refractivity contribution < 1.29 is 5.11 Å². The maximum Gasteiger partial charge on any atom is 0.234 e. The van der Waals surface area contributed by atoms with E-state index in [1.54, 1.807) is 0 Å². The zero-order valence-electron chi connectivity index (χ0n) is 10.8. The van der Waals surface area contributed by atoms with Gasteiger partial charge >= 0.3 is 0 Å². The smallest absolute Gasteiger partial charge is 0.234 e. The topological polar surface area (TPSA) is 53.7 Å². The number of hydrogen-bond acceptors (Lipinski definition) is 4. The lowest BCUT2D eigenvalue weighted by atomic mass is 10.3. The number of rotatable bonds is 2. The van der Waals surface area contributed by atoms with Gasteiger partial charge in [0.25, 0.3) is 0 Å². The number of likely N-dealkylation sites (tertiary alicyclic amines) is 1. The maximum atomic E-state index is 9.52. The van der Waals surface area contributed by atoms with Gasteiger partial charge in [-0.05, 0) is 26.3 Å². The normalized spacial score (nSPS) is 20.9. The van der Waals surface area contributed by atoms with E-state index in [1.165, 1.54) is 0 Å². The Balaban J connectivity index is 1.87. The van der Waals surface area contributed by atoms with E-state index in [-0.39, 0.29) is 6.10 Å². The first kappa shape index (κ1) is 11.6. The average molecular weight is 246 g/mol. The van der Waals surface area contributed by atoms with Crippen molar-refractivity contribution >= 4 is 5.78 Å². The Morgan fingerprint density at radius 2 is 2.22 bits per heavy atom. The van der Waals surface area contributed by atoms with Crippen molar-refractivity contribution in [2.24, 2.45) is 0 Å². The highest BCUT2D eigenvalue weighted by atomic mass is 16.3. The SMILES string of the molecule is Cc1cc(C)n2cc(CN3CC[C@H](O)C3)nc2n1. The van der Waals surface area contributed by atoms with Gasteiger partial charge in [-0.15, -0.1) is 0 Å². The van der Waals surface area contributed by atoms with E-state index in [9.17, 15) is 5.11 Å². The third-order valence-electron chi connectivity index (χ3n) is 3.44. The van der Waals surface area contributed by atoms with Crippen LogP contribution in [0.25, 0.3) is 5.78 Å². The van der Waals surface area contributed by atoms with E-state index in [2.05, 4.69) is 27.9 Å². The van der Waals surface area contributed by atoms with Crippen LogP contribution in [0, 0.1) is 13.8 Å². The number of aliphatic hydroxyl groups is 1. The molecule has 0 saturated carbocycles. The predicted octanol–water partition coefficient (Wildman–Crippen LogP) is 0.913. The Hall–Kier alpha value is -1.46. The first-order valence-electron chi connectivity index (χ1n) is 6.34. The molecule has 18 heavy (non-hydrogen) atoms. The molecule has 0 amide bonds. The van der Waals surface area contributed by atoms with Gasteiger partial charge in [0.1, 0.15) is 0 Å². The zero-order chi connectivity index (χ0) is 12.7. The molecule has 0 aromatic carbocycles. The number of aliphatic hydroxyl groups excluding tert-OH is 1. The van der Waals surface area contributed by atoms with E-state index in [0.29, 0.717) is 0 Å². The molecule has 3 rings (SSSR count). The molecule has 0 spiro atoms. The second kappa shape index (κ2) is 4.33. The summed E-state index contributed by atoms with van der Waals surface area (Å²) in [5.74, 6) is 0.766. The summed E-state index contributed by atoms with van der Waals surface area (Å²) >= 11 is 0. The van der Waals surface area contributed by atoms with Gasteiger partial charge in [-0.1, -0.05) is 0 Å². The predicted molar refractivity (Wildman–Crippen MR) is 68.4 cm³/mol. The van der Waals surface area contributed by atoms with Crippen LogP contribution in [-0.2, 0) is 6.54 Å². The van der Waals surface area contributed by atoms with Crippen molar-refractivity contribution in [1.82, 2.24) is 19.3 Å². The quantitative estimate of drug-likeness (QED) is 0.856. The molecule has 2 aromatic heterocycles. The standard InChI is InChI=1S/C13H18N4O/c1-9-5-10(2)17-7-11(15-13(17)14-9)6-16-4-3-12(18)8-16/h5,7,12,18H,3-4,6,8H2,1-2H3/t12-/m0/s1. The van der Waals surface area contributed by atoms with Crippen molar-refractivity contribution in [3.63, 3.8) is 0 Å². The Morgan fingerprint density at radius 1 is 1.39 bits per heavy atom. The van der Waals surface area contributed by atoms with Gasteiger partial charge in [0.2, 0.25) is 5.78 Å². The molecular weight excluding hydrogens is 228 g/mol. The van der Waals surface area contributed by atoms with E-state index >= 15 is 0 Å². The number of β-amino-alcohol motifs (C(OH)–C–C–N with tert-alkyl or cyclic N) is 1. The molecule has 96 valence electrons. The third kappa shape index (κ3) is 2.11. The summed E-state index contributed by atoms with van der Waals surface area (Å²) in [5.41, 5.74) is 3.16. The summed E-state index contributed by atoms with van der Waals surface area (Å²) in [5, 5.41) is 9.52. The molecule has 1 atom stereocenters. The fraction of sp³-hybridized carbons (Fsp3) is 0.538. The molecule has 1 fully saturated rings. The van der Waals surface area contributed by atoms with Gasteiger partial charge < -0.3 is 5.11 Å². The minimum Gasteiger partial charge on any atom is -0.392 e. The van der Waals surface area contributed by atoms with E-state index in [1.807, 2.05) is 17.5 Å². The molecule has 1 N–H and O–H groups in total. The summed E-state index contributed by atoms with van der Waals surface area (Å²) in [6, 6.07) is 2.05. The molecule has 0 unspecified atom stereocenters. The Morgan fingerprint density at radius 3 is 2.94 bits per heavy atom. The largest absolute Gasteiger partial charge is 0.392 e. The number of aromatic nitrogens is 3. The molecule has 5 heteroatoms. The van der Waals surface area contributed by atoms with Gasteiger partial charge in [-0.2, -0.15) is 0 Å². The van der Waals surface area contributed by atoms with Crippen LogP contribution >= 0.6 is 0 Å². The van der Waals surface area contributed by atoms with Gasteiger partial charge in [-0.3, -0.25) is 9.30 Å². The van der Waals surface area contributed by atoms with Crippen molar-refractivity contribution in [1.29, 1.82) is 0 Å². The van der Waals surface area contributed by atoms with Crippen molar-refractivity contribution in [3.05, 3.63) is 29.3 Å². The monoisotopic (exact) mass is 246 g/mol. The van der Waals surface area contributed by atoms with E-state index in [0.717, 1.165) is 48.9 Å². The highest BCUT2D eigenvalue weighted by Gasteiger charge is 2.21. The number of hydrogen-bond donors (Lipinski definition) is 1. The van der Waals surface area contributed by atoms with Crippen LogP contribution < -0.4 is 0 Å². The maximum absolute atomic E-state index is 9.52. The minimum atomic E-state index is -0.177. The molecule has 5 nitrogen and oxygen atoms in total. The Labute approximate surface area is 106 Å². The number of imidazole rings is 1. The van der Waals surface area contributed by atoms with Gasteiger partial charge in [0.05, 0.1) is 11.8 Å². The lowest BCUT2D eigenvalue weighted by molar-refractivity contribution is 0.174.